The molecule has 0 bridgehead atoms. The highest BCUT2D eigenvalue weighted by atomic mass is 35.5. The van der Waals surface area contributed by atoms with Crippen LogP contribution in [0.2, 0.25) is 5.15 Å². The monoisotopic (exact) mass is 363 g/mol. The van der Waals surface area contributed by atoms with Gasteiger partial charge in [-0.05, 0) is 12.5 Å². The molecule has 0 radical (unpaired) electrons. The van der Waals surface area contributed by atoms with Crippen molar-refractivity contribution in [3.8, 4) is 5.75 Å². The summed E-state index contributed by atoms with van der Waals surface area (Å²) in [5.41, 5.74) is 1.91. The number of fused-ring (bicyclic) bond motifs is 1. The molecule has 0 saturated heterocycles. The number of aromatic nitrogens is 4. The molecule has 2 N–H and O–H groups in total. The number of hydrogen-bond acceptors (Lipinski definition) is 6. The molecule has 0 aliphatic carbocycles. The summed E-state index contributed by atoms with van der Waals surface area (Å²) in [5.74, 6) is -0.0901. The minimum Gasteiger partial charge on any atom is -0.491 e. The normalized spacial score (nSPS) is 13.0. The number of pyridine rings is 1. The van der Waals surface area contributed by atoms with E-state index in [4.69, 9.17) is 20.5 Å². The Kier molecular flexibility index (Phi) is 3.73. The van der Waals surface area contributed by atoms with Crippen LogP contribution < -0.4 is 15.4 Å². The standard InChI is InChI=1S/C16H17ClN6O2/c1-4-9-6-21-23-8-20-15(14(25-3)13(9)23)22-11-5-12(17)19-7-10(11)16(24)18-2/h5-8H,4H2,1-3H3,(H,18,24)(H,19,22)/i2D3. The van der Waals surface area contributed by atoms with Gasteiger partial charge in [-0.2, -0.15) is 5.10 Å². The highest BCUT2D eigenvalue weighted by Gasteiger charge is 2.18. The SMILES string of the molecule is [2H]C([2H])([2H])NC(=O)c1cnc(Cl)cc1Nc1ncn2ncc(CC)c2c1OC. The fourth-order valence-electron chi connectivity index (χ4n) is 2.47. The van der Waals surface area contributed by atoms with Gasteiger partial charge in [0, 0.05) is 22.8 Å². The predicted molar refractivity (Wildman–Crippen MR) is 94.8 cm³/mol. The lowest BCUT2D eigenvalue weighted by atomic mass is 10.2. The minimum atomic E-state index is -2.64. The van der Waals surface area contributed by atoms with Crippen molar-refractivity contribution in [3.63, 3.8) is 0 Å². The van der Waals surface area contributed by atoms with Crippen LogP contribution >= 0.6 is 11.6 Å². The molecule has 0 aliphatic rings. The molecule has 3 rings (SSSR count). The number of rotatable bonds is 5. The van der Waals surface area contributed by atoms with Crippen molar-refractivity contribution in [1.82, 2.24) is 24.9 Å². The maximum absolute atomic E-state index is 12.3. The van der Waals surface area contributed by atoms with Gasteiger partial charge in [-0.25, -0.2) is 14.5 Å². The van der Waals surface area contributed by atoms with Gasteiger partial charge in [0.1, 0.15) is 17.0 Å². The molecule has 1 amide bonds. The Morgan fingerprint density at radius 1 is 1.44 bits per heavy atom. The van der Waals surface area contributed by atoms with Crippen LogP contribution in [0.1, 0.15) is 27.0 Å². The number of carbonyl (C=O) groups excluding carboxylic acids is 1. The first kappa shape index (κ1) is 13.4. The van der Waals surface area contributed by atoms with Crippen molar-refractivity contribution in [2.75, 3.05) is 19.4 Å². The summed E-state index contributed by atoms with van der Waals surface area (Å²) in [6, 6.07) is 1.40. The van der Waals surface area contributed by atoms with Crippen molar-refractivity contribution < 1.29 is 13.6 Å². The van der Waals surface area contributed by atoms with Crippen LogP contribution in [0.25, 0.3) is 5.52 Å². The third-order valence-corrected chi connectivity index (χ3v) is 3.87. The number of ether oxygens (including phenoxy) is 1. The number of amides is 1. The molecule has 0 aliphatic heterocycles. The van der Waals surface area contributed by atoms with Crippen LogP contribution in [0.4, 0.5) is 11.5 Å². The number of methoxy groups -OCH3 is 1. The number of nitrogens with zero attached hydrogens (tertiary/aromatic N) is 4. The Morgan fingerprint density at radius 3 is 3.00 bits per heavy atom. The Hall–Kier alpha value is -2.87. The van der Waals surface area contributed by atoms with E-state index >= 15 is 0 Å². The molecule has 3 aromatic heterocycles. The summed E-state index contributed by atoms with van der Waals surface area (Å²) < 4.78 is 28.8. The van der Waals surface area contributed by atoms with E-state index in [0.717, 1.165) is 17.5 Å². The number of hydrogen-bond donors (Lipinski definition) is 2. The molecule has 0 fully saturated rings. The largest absolute Gasteiger partial charge is 0.491 e. The first-order chi connectivity index (χ1) is 13.2. The van der Waals surface area contributed by atoms with E-state index in [1.807, 2.05) is 12.2 Å². The molecule has 9 heteroatoms. The molecule has 0 unspecified atom stereocenters. The smallest absolute Gasteiger partial charge is 0.254 e. The highest BCUT2D eigenvalue weighted by molar-refractivity contribution is 6.29. The van der Waals surface area contributed by atoms with Crippen LogP contribution in [-0.2, 0) is 6.42 Å². The first-order valence-corrected chi connectivity index (χ1v) is 7.75. The number of anilines is 2. The summed E-state index contributed by atoms with van der Waals surface area (Å²) in [4.78, 5) is 20.5. The van der Waals surface area contributed by atoms with Gasteiger partial charge in [-0.3, -0.25) is 4.79 Å². The van der Waals surface area contributed by atoms with E-state index in [-0.39, 0.29) is 16.4 Å². The topological polar surface area (TPSA) is 93.4 Å². The van der Waals surface area contributed by atoms with Gasteiger partial charge in [-0.1, -0.05) is 18.5 Å². The van der Waals surface area contributed by atoms with E-state index in [1.165, 1.54) is 25.7 Å². The maximum atomic E-state index is 12.3. The second-order valence-corrected chi connectivity index (χ2v) is 5.46. The summed E-state index contributed by atoms with van der Waals surface area (Å²) in [6.07, 6.45) is 5.15. The predicted octanol–water partition coefficient (Wildman–Crippen LogP) is 2.45. The molecule has 25 heavy (non-hydrogen) atoms. The zero-order valence-corrected chi connectivity index (χ0v) is 14.3. The lowest BCUT2D eigenvalue weighted by molar-refractivity contribution is 0.0963. The van der Waals surface area contributed by atoms with Crippen LogP contribution in [0, 0.1) is 0 Å². The van der Waals surface area contributed by atoms with E-state index in [1.54, 1.807) is 10.7 Å². The van der Waals surface area contributed by atoms with Gasteiger partial charge in [0.15, 0.2) is 11.6 Å². The first-order valence-electron chi connectivity index (χ1n) is 8.87. The van der Waals surface area contributed by atoms with Crippen molar-refractivity contribution >= 4 is 34.5 Å². The van der Waals surface area contributed by atoms with E-state index < -0.39 is 12.9 Å². The molecule has 3 heterocycles. The Labute approximate surface area is 153 Å². The minimum absolute atomic E-state index is 0.00604. The summed E-state index contributed by atoms with van der Waals surface area (Å²) in [7, 11) is 1.50. The van der Waals surface area contributed by atoms with Crippen LogP contribution in [-0.4, -0.2) is 39.6 Å². The zero-order chi connectivity index (χ0) is 20.5. The highest BCUT2D eigenvalue weighted by Crippen LogP contribution is 2.33. The number of aryl methyl sites for hydroxylation is 1. The fourth-order valence-corrected chi connectivity index (χ4v) is 2.63. The number of nitrogens with one attached hydrogen (secondary N) is 2. The lowest BCUT2D eigenvalue weighted by Gasteiger charge is -2.14. The molecule has 3 aromatic rings. The van der Waals surface area contributed by atoms with Crippen molar-refractivity contribution in [2.45, 2.75) is 13.3 Å². The lowest BCUT2D eigenvalue weighted by Crippen LogP contribution is -2.19. The Morgan fingerprint density at radius 2 is 2.28 bits per heavy atom. The molecule has 0 saturated carbocycles. The fraction of sp³-hybridized carbons (Fsp3) is 0.250. The maximum Gasteiger partial charge on any atom is 0.254 e. The van der Waals surface area contributed by atoms with Crippen molar-refractivity contribution in [3.05, 3.63) is 41.1 Å². The molecule has 0 atom stereocenters. The summed E-state index contributed by atoms with van der Waals surface area (Å²) >= 11 is 5.96. The average molecular weight is 364 g/mol. The van der Waals surface area contributed by atoms with E-state index in [9.17, 15) is 4.79 Å². The third-order valence-electron chi connectivity index (χ3n) is 3.66. The van der Waals surface area contributed by atoms with Crippen LogP contribution in [0.15, 0.2) is 24.8 Å². The molecule has 130 valence electrons. The Balaban J connectivity index is 2.06. The van der Waals surface area contributed by atoms with Crippen molar-refractivity contribution in [1.29, 1.82) is 0 Å². The van der Waals surface area contributed by atoms with Gasteiger partial charge in [0.25, 0.3) is 5.91 Å². The summed E-state index contributed by atoms with van der Waals surface area (Å²) in [5, 5.41) is 9.26. The second kappa shape index (κ2) is 6.94. The van der Waals surface area contributed by atoms with Crippen LogP contribution in [0.3, 0.4) is 0 Å². The van der Waals surface area contributed by atoms with Crippen LogP contribution in [0.5, 0.6) is 5.75 Å². The number of halogens is 1. The number of carbonyl (C=O) groups is 1. The van der Waals surface area contributed by atoms with Gasteiger partial charge in [-0.15, -0.1) is 0 Å². The van der Waals surface area contributed by atoms with E-state index in [0.29, 0.717) is 11.6 Å². The molecular formula is C16H17ClN6O2. The van der Waals surface area contributed by atoms with Gasteiger partial charge in [0.05, 0.1) is 24.6 Å². The zero-order valence-electron chi connectivity index (χ0n) is 16.5. The molecule has 0 aromatic carbocycles. The second-order valence-electron chi connectivity index (χ2n) is 5.07. The molecule has 0 spiro atoms. The van der Waals surface area contributed by atoms with Gasteiger partial charge in [0.2, 0.25) is 0 Å². The van der Waals surface area contributed by atoms with Crippen molar-refractivity contribution in [2.24, 2.45) is 0 Å². The quantitative estimate of drug-likeness (QED) is 0.676. The van der Waals surface area contributed by atoms with E-state index in [2.05, 4.69) is 20.4 Å². The van der Waals surface area contributed by atoms with Gasteiger partial charge >= 0.3 is 0 Å². The average Bonchev–Trinajstić information content (AvgIpc) is 3.03. The summed E-state index contributed by atoms with van der Waals surface area (Å²) in [6.45, 7) is -0.652. The Bertz CT molecular complexity index is 1040. The molecular weight excluding hydrogens is 344 g/mol. The molecule has 8 nitrogen and oxygen atoms in total. The van der Waals surface area contributed by atoms with Gasteiger partial charge < -0.3 is 15.4 Å². The third kappa shape index (κ3) is 3.08.